The summed E-state index contributed by atoms with van der Waals surface area (Å²) in [5.41, 5.74) is 1.16. The Bertz CT molecular complexity index is 777. The molecule has 0 aliphatic carbocycles. The van der Waals surface area contributed by atoms with Crippen LogP contribution in [0.25, 0.3) is 0 Å². The molecule has 3 amide bonds. The number of carbonyl (C=O) groups is 3. The van der Waals surface area contributed by atoms with E-state index in [0.29, 0.717) is 18.7 Å². The number of amides is 3. The van der Waals surface area contributed by atoms with E-state index < -0.39 is 12.1 Å². The van der Waals surface area contributed by atoms with Crippen LogP contribution in [0.4, 0.5) is 0 Å². The Hall–Kier alpha value is -2.38. The number of rotatable bonds is 3. The second kappa shape index (κ2) is 6.65. The molecule has 0 spiro atoms. The van der Waals surface area contributed by atoms with E-state index in [0.717, 1.165) is 5.69 Å². The van der Waals surface area contributed by atoms with Crippen molar-refractivity contribution in [1.29, 1.82) is 0 Å². The molecular weight excluding hydrogens is 346 g/mol. The molecular formula is C19H29N5O3. The molecule has 0 aromatic carbocycles. The van der Waals surface area contributed by atoms with Gasteiger partial charge in [-0.25, -0.2) is 0 Å². The lowest BCUT2D eigenvalue weighted by atomic mass is 9.92. The van der Waals surface area contributed by atoms with Crippen molar-refractivity contribution in [2.45, 2.75) is 64.6 Å². The number of aromatic nitrogens is 2. The first-order valence-electron chi connectivity index (χ1n) is 9.45. The Morgan fingerprint density at radius 3 is 2.56 bits per heavy atom. The van der Waals surface area contributed by atoms with Crippen molar-refractivity contribution in [3.8, 4) is 0 Å². The van der Waals surface area contributed by atoms with Crippen LogP contribution in [0.15, 0.2) is 6.07 Å². The van der Waals surface area contributed by atoms with Gasteiger partial charge in [-0.2, -0.15) is 5.10 Å². The fourth-order valence-corrected chi connectivity index (χ4v) is 3.68. The lowest BCUT2D eigenvalue weighted by Gasteiger charge is -2.36. The van der Waals surface area contributed by atoms with E-state index in [1.807, 2.05) is 34.6 Å². The number of aryl methyl sites for hydroxylation is 1. The van der Waals surface area contributed by atoms with Crippen molar-refractivity contribution in [3.05, 3.63) is 17.5 Å². The molecule has 2 aliphatic rings. The number of hydrogen-bond acceptors (Lipinski definition) is 4. The third-order valence-electron chi connectivity index (χ3n) is 5.33. The summed E-state index contributed by atoms with van der Waals surface area (Å²) >= 11 is 0. The van der Waals surface area contributed by atoms with Crippen molar-refractivity contribution >= 4 is 17.7 Å². The summed E-state index contributed by atoms with van der Waals surface area (Å²) in [4.78, 5) is 39.4. The maximum Gasteiger partial charge on any atom is 0.269 e. The van der Waals surface area contributed by atoms with Crippen LogP contribution in [0, 0.1) is 5.92 Å². The van der Waals surface area contributed by atoms with Crippen molar-refractivity contribution in [1.82, 2.24) is 25.3 Å². The summed E-state index contributed by atoms with van der Waals surface area (Å²) in [5.74, 6) is -0.414. The fraction of sp³-hybridized carbons (Fsp3) is 0.684. The Morgan fingerprint density at radius 2 is 2.00 bits per heavy atom. The number of nitrogens with zero attached hydrogens (tertiary/aromatic N) is 3. The summed E-state index contributed by atoms with van der Waals surface area (Å²) in [6.45, 7) is 10.3. The highest BCUT2D eigenvalue weighted by Crippen LogP contribution is 2.25. The summed E-state index contributed by atoms with van der Waals surface area (Å²) in [6.07, 6.45) is 0.429. The van der Waals surface area contributed by atoms with E-state index in [2.05, 4.69) is 15.7 Å². The molecule has 8 heteroatoms. The van der Waals surface area contributed by atoms with Gasteiger partial charge in [0.25, 0.3) is 5.91 Å². The number of fused-ring (bicyclic) bond motifs is 1. The molecule has 0 saturated carbocycles. The van der Waals surface area contributed by atoms with Gasteiger partial charge >= 0.3 is 0 Å². The number of piperazine rings is 1. The van der Waals surface area contributed by atoms with E-state index in [-0.39, 0.29) is 35.1 Å². The molecule has 2 aliphatic heterocycles. The number of nitrogens with one attached hydrogen (secondary N) is 2. The molecule has 2 saturated heterocycles. The summed E-state index contributed by atoms with van der Waals surface area (Å²) in [7, 11) is 1.74. The van der Waals surface area contributed by atoms with Gasteiger partial charge in [0.2, 0.25) is 11.8 Å². The van der Waals surface area contributed by atoms with E-state index >= 15 is 0 Å². The molecule has 0 unspecified atom stereocenters. The normalized spacial score (nSPS) is 25.6. The lowest BCUT2D eigenvalue weighted by Crippen LogP contribution is -2.62. The van der Waals surface area contributed by atoms with Crippen molar-refractivity contribution in [3.63, 3.8) is 0 Å². The zero-order valence-corrected chi connectivity index (χ0v) is 16.9. The van der Waals surface area contributed by atoms with Gasteiger partial charge in [-0.05, 0) is 18.4 Å². The van der Waals surface area contributed by atoms with E-state index in [9.17, 15) is 14.4 Å². The predicted octanol–water partition coefficient (Wildman–Crippen LogP) is 0.571. The second-order valence-corrected chi connectivity index (χ2v) is 8.93. The van der Waals surface area contributed by atoms with Crippen molar-refractivity contribution in [2.75, 3.05) is 6.54 Å². The third kappa shape index (κ3) is 3.57. The maximum atomic E-state index is 12.7. The minimum Gasteiger partial charge on any atom is -0.346 e. The van der Waals surface area contributed by atoms with Gasteiger partial charge in [0.15, 0.2) is 0 Å². The molecule has 3 rings (SSSR count). The zero-order chi connectivity index (χ0) is 20.1. The van der Waals surface area contributed by atoms with Crippen LogP contribution < -0.4 is 10.6 Å². The smallest absolute Gasteiger partial charge is 0.269 e. The van der Waals surface area contributed by atoms with E-state index in [4.69, 9.17) is 0 Å². The largest absolute Gasteiger partial charge is 0.346 e. The molecule has 148 valence electrons. The van der Waals surface area contributed by atoms with Crippen LogP contribution in [-0.4, -0.2) is 57.1 Å². The molecule has 3 heterocycles. The summed E-state index contributed by atoms with van der Waals surface area (Å²) in [6, 6.07) is 0.546. The molecule has 0 bridgehead atoms. The highest BCUT2D eigenvalue weighted by Gasteiger charge is 2.47. The van der Waals surface area contributed by atoms with Crippen LogP contribution in [0.5, 0.6) is 0 Å². The first-order chi connectivity index (χ1) is 12.5. The van der Waals surface area contributed by atoms with Gasteiger partial charge in [-0.15, -0.1) is 0 Å². The molecule has 0 radical (unpaired) electrons. The Kier molecular flexibility index (Phi) is 4.78. The quantitative estimate of drug-likeness (QED) is 0.807. The van der Waals surface area contributed by atoms with E-state index in [1.165, 1.54) is 0 Å². The Labute approximate surface area is 159 Å². The minimum atomic E-state index is -0.505. The van der Waals surface area contributed by atoms with Crippen LogP contribution >= 0.6 is 0 Å². The number of hydrogen-bond donors (Lipinski definition) is 2. The van der Waals surface area contributed by atoms with Crippen molar-refractivity contribution < 1.29 is 14.4 Å². The molecule has 1 aromatic heterocycles. The van der Waals surface area contributed by atoms with Gasteiger partial charge in [-0.3, -0.25) is 19.1 Å². The fourth-order valence-electron chi connectivity index (χ4n) is 3.68. The highest BCUT2D eigenvalue weighted by atomic mass is 16.2. The molecule has 8 nitrogen and oxygen atoms in total. The zero-order valence-electron chi connectivity index (χ0n) is 16.9. The first-order valence-corrected chi connectivity index (χ1v) is 9.45. The first kappa shape index (κ1) is 19.4. The predicted molar refractivity (Wildman–Crippen MR) is 100 cm³/mol. The molecule has 2 N–H and O–H groups in total. The van der Waals surface area contributed by atoms with Gasteiger partial charge < -0.3 is 15.5 Å². The SMILES string of the molecule is CC(C)[C@H]1NC(=O)[C@@H]2C[C@H](NC(=O)c3cc(C(C)(C)C)nn3C)CN2C1=O. The van der Waals surface area contributed by atoms with Gasteiger partial charge in [0, 0.05) is 25.0 Å². The summed E-state index contributed by atoms with van der Waals surface area (Å²) in [5, 5.41) is 10.2. The standard InChI is InChI=1S/C19H29N5O3/c1-10(2)15-18(27)24-9-11(7-13(24)17(26)21-15)20-16(25)12-8-14(19(3,4)5)22-23(12)6/h8,10-11,13,15H,7,9H2,1-6H3,(H,20,25)(H,21,26)/t11-,13-,15+/m0/s1. The Balaban J connectivity index is 1.71. The van der Waals surface area contributed by atoms with Gasteiger partial charge in [0.1, 0.15) is 17.8 Å². The molecule has 1 aromatic rings. The monoisotopic (exact) mass is 375 g/mol. The van der Waals surface area contributed by atoms with Crippen LogP contribution in [-0.2, 0) is 22.1 Å². The van der Waals surface area contributed by atoms with Crippen LogP contribution in [0.1, 0.15) is 57.2 Å². The highest BCUT2D eigenvalue weighted by molar-refractivity contribution is 5.98. The lowest BCUT2D eigenvalue weighted by molar-refractivity contribution is -0.148. The van der Waals surface area contributed by atoms with Gasteiger partial charge in [-0.1, -0.05) is 34.6 Å². The average Bonchev–Trinajstić information content (AvgIpc) is 3.14. The maximum absolute atomic E-state index is 12.7. The van der Waals surface area contributed by atoms with Crippen LogP contribution in [0.3, 0.4) is 0 Å². The van der Waals surface area contributed by atoms with Crippen LogP contribution in [0.2, 0.25) is 0 Å². The summed E-state index contributed by atoms with van der Waals surface area (Å²) < 4.78 is 1.57. The van der Waals surface area contributed by atoms with E-state index in [1.54, 1.807) is 22.7 Å². The van der Waals surface area contributed by atoms with Crippen molar-refractivity contribution in [2.24, 2.45) is 13.0 Å². The third-order valence-corrected chi connectivity index (χ3v) is 5.33. The number of carbonyl (C=O) groups excluding carboxylic acids is 3. The molecule has 27 heavy (non-hydrogen) atoms. The minimum absolute atomic E-state index is 0.0290. The average molecular weight is 375 g/mol. The molecule has 2 fully saturated rings. The Morgan fingerprint density at radius 1 is 1.33 bits per heavy atom. The topological polar surface area (TPSA) is 96.3 Å². The van der Waals surface area contributed by atoms with Gasteiger partial charge in [0.05, 0.1) is 5.69 Å². The second-order valence-electron chi connectivity index (χ2n) is 8.93. The molecule has 3 atom stereocenters.